The fraction of sp³-hybridized carbons (Fsp3) is 0.486. The summed E-state index contributed by atoms with van der Waals surface area (Å²) in [5.41, 5.74) is -3.82. The molecule has 13 heteroatoms. The minimum absolute atomic E-state index is 0.0420. The smallest absolute Gasteiger partial charge is 0.345 e. The fourth-order valence-electron chi connectivity index (χ4n) is 8.60. The van der Waals surface area contributed by atoms with Gasteiger partial charge in [-0.3, -0.25) is 18.8 Å². The number of pyridine rings is 1. The zero-order valence-electron chi connectivity index (χ0n) is 27.4. The van der Waals surface area contributed by atoms with E-state index < -0.39 is 74.3 Å². The quantitative estimate of drug-likeness (QED) is 0.272. The van der Waals surface area contributed by atoms with Crippen molar-refractivity contribution in [1.82, 2.24) is 4.98 Å². The maximum absolute atomic E-state index is 13.8. The second-order valence-electron chi connectivity index (χ2n) is 13.7. The Kier molecular flexibility index (Phi) is 8.54. The van der Waals surface area contributed by atoms with Crippen LogP contribution in [0.3, 0.4) is 0 Å². The van der Waals surface area contributed by atoms with Crippen molar-refractivity contribution >= 4 is 22.1 Å². The molecule has 6 rings (SSSR count). The van der Waals surface area contributed by atoms with Gasteiger partial charge in [-0.2, -0.15) is 8.42 Å². The molecule has 2 aliphatic carbocycles. The maximum Gasteiger partial charge on any atom is 0.345 e. The van der Waals surface area contributed by atoms with Crippen LogP contribution in [-0.4, -0.2) is 54.9 Å². The number of nitrogens with zero attached hydrogens (tertiary/aromatic N) is 1. The summed E-state index contributed by atoms with van der Waals surface area (Å²) >= 11 is 0. The molecule has 3 heterocycles. The van der Waals surface area contributed by atoms with Crippen molar-refractivity contribution in [2.24, 2.45) is 22.7 Å². The van der Waals surface area contributed by atoms with Gasteiger partial charge in [-0.05, 0) is 61.8 Å². The average molecular weight is 682 g/mol. The van der Waals surface area contributed by atoms with Crippen LogP contribution in [0.25, 0.3) is 11.3 Å². The van der Waals surface area contributed by atoms with Crippen molar-refractivity contribution < 1.29 is 45.9 Å². The molecule has 0 spiro atoms. The zero-order valence-corrected chi connectivity index (χ0v) is 28.2. The van der Waals surface area contributed by atoms with Gasteiger partial charge in [0.15, 0.2) is 0 Å². The molecule has 0 bridgehead atoms. The van der Waals surface area contributed by atoms with Gasteiger partial charge in [-0.15, -0.1) is 0 Å². The molecule has 1 aromatic carbocycles. The number of fused-ring (bicyclic) bond motifs is 4. The highest BCUT2D eigenvalue weighted by molar-refractivity contribution is 7.86. The lowest BCUT2D eigenvalue weighted by Gasteiger charge is -2.66. The minimum atomic E-state index is -4.38. The predicted octanol–water partition coefficient (Wildman–Crippen LogP) is 4.60. The number of rotatable bonds is 7. The van der Waals surface area contributed by atoms with Crippen molar-refractivity contribution in [2.45, 2.75) is 82.7 Å². The molecule has 0 radical (unpaired) electrons. The molecular formula is C35H39NO11S. The third-order valence-electron chi connectivity index (χ3n) is 10.7. The highest BCUT2D eigenvalue weighted by Crippen LogP contribution is 2.67. The van der Waals surface area contributed by atoms with Crippen LogP contribution in [0.15, 0.2) is 75.0 Å². The lowest BCUT2D eigenvalue weighted by Crippen LogP contribution is -2.71. The summed E-state index contributed by atoms with van der Waals surface area (Å²) in [5, 5.41) is 12.3. The van der Waals surface area contributed by atoms with Crippen LogP contribution in [0.1, 0.15) is 65.5 Å². The predicted molar refractivity (Wildman–Crippen MR) is 170 cm³/mol. The molecule has 48 heavy (non-hydrogen) atoms. The number of aliphatic hydroxyl groups is 1. The molecule has 1 N–H and O–H groups in total. The summed E-state index contributed by atoms with van der Waals surface area (Å²) in [7, 11) is -4.38. The van der Waals surface area contributed by atoms with Gasteiger partial charge >= 0.3 is 17.6 Å². The summed E-state index contributed by atoms with van der Waals surface area (Å²) in [5.74, 6) is -2.34. The lowest BCUT2D eigenvalue weighted by molar-refractivity contribution is -0.262. The van der Waals surface area contributed by atoms with E-state index in [1.165, 1.54) is 38.2 Å². The van der Waals surface area contributed by atoms with Crippen LogP contribution in [0.4, 0.5) is 0 Å². The number of hydrogen-bond acceptors (Lipinski definition) is 12. The normalized spacial score (nSPS) is 32.5. The third kappa shape index (κ3) is 5.61. The van der Waals surface area contributed by atoms with Crippen molar-refractivity contribution in [2.75, 3.05) is 6.61 Å². The number of hydrogen-bond donors (Lipinski definition) is 1. The molecule has 0 amide bonds. The topological polar surface area (TPSA) is 169 Å². The van der Waals surface area contributed by atoms with Crippen LogP contribution in [-0.2, 0) is 33.4 Å². The van der Waals surface area contributed by atoms with Crippen LogP contribution in [0, 0.1) is 22.7 Å². The van der Waals surface area contributed by atoms with Gasteiger partial charge < -0.3 is 23.7 Å². The Balaban J connectivity index is 1.53. The molecular weight excluding hydrogens is 642 g/mol. The molecule has 0 saturated heterocycles. The van der Waals surface area contributed by atoms with Crippen molar-refractivity contribution in [3.8, 4) is 17.1 Å². The summed E-state index contributed by atoms with van der Waals surface area (Å²) in [4.78, 5) is 42.0. The Morgan fingerprint density at radius 1 is 1.04 bits per heavy atom. The molecule has 1 aliphatic heterocycles. The fourth-order valence-corrected chi connectivity index (χ4v) is 9.78. The van der Waals surface area contributed by atoms with E-state index in [-0.39, 0.29) is 35.0 Å². The van der Waals surface area contributed by atoms with E-state index in [0.717, 1.165) is 0 Å². The number of aliphatic hydroxyl groups excluding tert-OH is 1. The van der Waals surface area contributed by atoms with Crippen LogP contribution in [0.5, 0.6) is 5.75 Å². The molecule has 12 nitrogen and oxygen atoms in total. The number of benzene rings is 1. The van der Waals surface area contributed by atoms with Gasteiger partial charge in [0.25, 0.3) is 10.1 Å². The molecule has 2 saturated carbocycles. The first-order chi connectivity index (χ1) is 22.6. The second kappa shape index (κ2) is 12.1. The van der Waals surface area contributed by atoms with E-state index in [1.807, 2.05) is 13.8 Å². The van der Waals surface area contributed by atoms with Crippen LogP contribution >= 0.6 is 0 Å². The van der Waals surface area contributed by atoms with Crippen molar-refractivity contribution in [3.05, 3.63) is 76.9 Å². The monoisotopic (exact) mass is 681 g/mol. The minimum Gasteiger partial charge on any atom is -0.484 e. The van der Waals surface area contributed by atoms with E-state index in [2.05, 4.69) is 4.98 Å². The molecule has 2 fully saturated rings. The van der Waals surface area contributed by atoms with Gasteiger partial charge in [0.1, 0.15) is 41.5 Å². The standard InChI is InChI=1S/C35H39NO11S/c1-20(37)43-19-34(4)26-17-28(47-48(41,42)23-11-7-6-8-12-23)35(5)31(33(26,3)14-13-27(34)44-21(2)38)30(39)29-25(46-35)16-24(45-32(29)40)22-10-9-15-36-18-22/h6-12,15-16,18,26-28,30-31,39H,13-14,17,19H2,1-5H3/t26?,27-,28-,30?,31?,33-,34-,35+/m0/s1. The average Bonchev–Trinajstić information content (AvgIpc) is 3.03. The maximum atomic E-state index is 13.8. The van der Waals surface area contributed by atoms with Gasteiger partial charge in [0.05, 0.1) is 11.0 Å². The Hall–Kier alpha value is -4.07. The largest absolute Gasteiger partial charge is 0.484 e. The molecule has 3 aromatic rings. The molecule has 3 unspecified atom stereocenters. The summed E-state index contributed by atoms with van der Waals surface area (Å²) in [6.07, 6.45) is 0.511. The van der Waals surface area contributed by atoms with Gasteiger partial charge in [-0.1, -0.05) is 32.0 Å². The Morgan fingerprint density at radius 3 is 2.42 bits per heavy atom. The molecule has 2 aromatic heterocycles. The molecule has 8 atom stereocenters. The SMILES string of the molecule is CC(=O)OC[C@@]1(C)C2C[C@H](OS(=O)(=O)c3ccccc3)[C@@]3(C)Oc4cc(-c5cccnc5)oc(=O)c4C(O)C3[C@@]2(C)CC[C@@H]1OC(C)=O. The summed E-state index contributed by atoms with van der Waals surface area (Å²) in [6.45, 7) is 7.89. The number of ether oxygens (including phenoxy) is 3. The summed E-state index contributed by atoms with van der Waals surface area (Å²) < 4.78 is 57.4. The first-order valence-corrected chi connectivity index (χ1v) is 17.3. The summed E-state index contributed by atoms with van der Waals surface area (Å²) in [6, 6.07) is 12.6. The van der Waals surface area contributed by atoms with E-state index in [1.54, 1.807) is 43.5 Å². The number of aromatic nitrogens is 1. The second-order valence-corrected chi connectivity index (χ2v) is 15.3. The first kappa shape index (κ1) is 33.8. The molecule has 256 valence electrons. The van der Waals surface area contributed by atoms with E-state index in [0.29, 0.717) is 18.4 Å². The van der Waals surface area contributed by atoms with E-state index in [4.69, 9.17) is 22.8 Å². The Morgan fingerprint density at radius 2 is 1.77 bits per heavy atom. The highest BCUT2D eigenvalue weighted by Gasteiger charge is 2.71. The van der Waals surface area contributed by atoms with Crippen LogP contribution < -0.4 is 10.4 Å². The van der Waals surface area contributed by atoms with E-state index in [9.17, 15) is 27.9 Å². The number of carbonyl (C=O) groups is 2. The first-order valence-electron chi connectivity index (χ1n) is 15.8. The molecule has 3 aliphatic rings. The van der Waals surface area contributed by atoms with Gasteiger partial charge in [0, 0.05) is 49.2 Å². The Labute approximate surface area is 278 Å². The zero-order chi connectivity index (χ0) is 34.6. The van der Waals surface area contributed by atoms with E-state index >= 15 is 0 Å². The van der Waals surface area contributed by atoms with Crippen molar-refractivity contribution in [1.29, 1.82) is 0 Å². The lowest BCUT2D eigenvalue weighted by atomic mass is 9.42. The van der Waals surface area contributed by atoms with Gasteiger partial charge in [-0.25, -0.2) is 4.79 Å². The third-order valence-corrected chi connectivity index (χ3v) is 12.0. The van der Waals surface area contributed by atoms with Crippen LogP contribution in [0.2, 0.25) is 0 Å². The number of carbonyl (C=O) groups excluding carboxylic acids is 2. The Bertz CT molecular complexity index is 1880. The van der Waals surface area contributed by atoms with Gasteiger partial charge in [0.2, 0.25) is 0 Å². The van der Waals surface area contributed by atoms with Crippen molar-refractivity contribution in [3.63, 3.8) is 0 Å². The highest BCUT2D eigenvalue weighted by atomic mass is 32.2. The number of esters is 2.